The predicted octanol–water partition coefficient (Wildman–Crippen LogP) is 3.27. The summed E-state index contributed by atoms with van der Waals surface area (Å²) in [5, 5.41) is 9.74. The van der Waals surface area contributed by atoms with E-state index < -0.39 is 11.5 Å². The van der Waals surface area contributed by atoms with Gasteiger partial charge in [-0.1, -0.05) is 37.6 Å². The van der Waals surface area contributed by atoms with Gasteiger partial charge in [0.05, 0.1) is 0 Å². The van der Waals surface area contributed by atoms with Crippen molar-refractivity contribution in [3.8, 4) is 0 Å². The van der Waals surface area contributed by atoms with Crippen LogP contribution in [0.2, 0.25) is 5.02 Å². The minimum atomic E-state index is -1.19. The lowest BCUT2D eigenvalue weighted by Gasteiger charge is -2.27. The van der Waals surface area contributed by atoms with Gasteiger partial charge >= 0.3 is 5.97 Å². The van der Waals surface area contributed by atoms with Gasteiger partial charge in [-0.3, -0.25) is 4.79 Å². The molecule has 0 saturated carbocycles. The van der Waals surface area contributed by atoms with Gasteiger partial charge in [0, 0.05) is 5.02 Å². The molecule has 0 heterocycles. The molecule has 0 amide bonds. The topological polar surface area (TPSA) is 63.3 Å². The van der Waals surface area contributed by atoms with Crippen LogP contribution in [0.4, 0.5) is 0 Å². The summed E-state index contributed by atoms with van der Waals surface area (Å²) in [7, 11) is 0. The Balaban J connectivity index is 2.79. The summed E-state index contributed by atoms with van der Waals surface area (Å²) < 4.78 is 0. The number of carboxylic acids is 1. The van der Waals surface area contributed by atoms with Crippen LogP contribution in [-0.2, 0) is 4.79 Å². The van der Waals surface area contributed by atoms with Crippen molar-refractivity contribution in [2.75, 3.05) is 0 Å². The highest BCUT2D eigenvalue weighted by Crippen LogP contribution is 2.30. The molecule has 1 rings (SSSR count). The maximum Gasteiger partial charge on any atom is 0.323 e. The average Bonchev–Trinajstić information content (AvgIpc) is 2.27. The van der Waals surface area contributed by atoms with Crippen molar-refractivity contribution in [3.05, 3.63) is 34.9 Å². The molecule has 18 heavy (non-hydrogen) atoms. The standard InChI is InChI=1S/C14H20ClNO2/c1-9(8-14(3,16)13(17)18)10(2)11-5-4-6-12(15)7-11/h4-7,9-10H,8,16H2,1-3H3,(H,17,18). The predicted molar refractivity (Wildman–Crippen MR) is 73.9 cm³/mol. The zero-order valence-corrected chi connectivity index (χ0v) is 11.7. The van der Waals surface area contributed by atoms with Gasteiger partial charge in [0.25, 0.3) is 0 Å². The Morgan fingerprint density at radius 1 is 1.50 bits per heavy atom. The third-order valence-corrected chi connectivity index (χ3v) is 3.70. The van der Waals surface area contributed by atoms with Gasteiger partial charge in [0.15, 0.2) is 0 Å². The van der Waals surface area contributed by atoms with E-state index >= 15 is 0 Å². The van der Waals surface area contributed by atoms with E-state index in [2.05, 4.69) is 6.92 Å². The highest BCUT2D eigenvalue weighted by atomic mass is 35.5. The molecule has 3 unspecified atom stereocenters. The molecule has 0 aromatic heterocycles. The molecule has 4 heteroatoms. The third-order valence-electron chi connectivity index (χ3n) is 3.46. The van der Waals surface area contributed by atoms with Crippen molar-refractivity contribution in [3.63, 3.8) is 0 Å². The first-order valence-corrected chi connectivity index (χ1v) is 6.39. The molecule has 1 aromatic rings. The van der Waals surface area contributed by atoms with Crippen LogP contribution in [0.3, 0.4) is 0 Å². The first-order valence-electron chi connectivity index (χ1n) is 6.02. The van der Waals surface area contributed by atoms with E-state index in [4.69, 9.17) is 22.4 Å². The van der Waals surface area contributed by atoms with Crippen LogP contribution in [0.25, 0.3) is 0 Å². The Kier molecular flexibility index (Phi) is 4.77. The molecule has 0 fully saturated rings. The van der Waals surface area contributed by atoms with E-state index in [1.807, 2.05) is 31.2 Å². The van der Waals surface area contributed by atoms with Crippen LogP contribution in [0.1, 0.15) is 38.7 Å². The van der Waals surface area contributed by atoms with Crippen LogP contribution in [-0.4, -0.2) is 16.6 Å². The second kappa shape index (κ2) is 5.72. The van der Waals surface area contributed by atoms with E-state index in [1.165, 1.54) is 0 Å². The fourth-order valence-electron chi connectivity index (χ4n) is 2.05. The fourth-order valence-corrected chi connectivity index (χ4v) is 2.25. The van der Waals surface area contributed by atoms with Gasteiger partial charge in [-0.25, -0.2) is 0 Å². The van der Waals surface area contributed by atoms with E-state index in [1.54, 1.807) is 6.92 Å². The van der Waals surface area contributed by atoms with E-state index in [9.17, 15) is 4.79 Å². The number of carbonyl (C=O) groups is 1. The second-order valence-corrected chi connectivity index (χ2v) is 5.68. The fraction of sp³-hybridized carbons (Fsp3) is 0.500. The summed E-state index contributed by atoms with van der Waals surface area (Å²) in [6.07, 6.45) is 0.427. The molecule has 0 spiro atoms. The number of benzene rings is 1. The van der Waals surface area contributed by atoms with Gasteiger partial charge in [0.1, 0.15) is 5.54 Å². The summed E-state index contributed by atoms with van der Waals surface area (Å²) in [6, 6.07) is 7.64. The first-order chi connectivity index (χ1) is 8.24. The quantitative estimate of drug-likeness (QED) is 0.862. The molecule has 3 N–H and O–H groups in total. The normalized spacial score (nSPS) is 17.8. The Hall–Kier alpha value is -1.06. The van der Waals surface area contributed by atoms with Crippen molar-refractivity contribution in [2.45, 2.75) is 38.6 Å². The lowest BCUT2D eigenvalue weighted by atomic mass is 9.80. The van der Waals surface area contributed by atoms with Crippen LogP contribution >= 0.6 is 11.6 Å². The van der Waals surface area contributed by atoms with Crippen LogP contribution < -0.4 is 5.73 Å². The molecule has 0 radical (unpaired) electrons. The lowest BCUT2D eigenvalue weighted by molar-refractivity contribution is -0.143. The Labute approximate surface area is 113 Å². The summed E-state index contributed by atoms with van der Waals surface area (Å²) >= 11 is 5.96. The molecule has 3 nitrogen and oxygen atoms in total. The van der Waals surface area contributed by atoms with E-state index in [0.29, 0.717) is 11.4 Å². The molecule has 1 aromatic carbocycles. The number of hydrogen-bond acceptors (Lipinski definition) is 2. The van der Waals surface area contributed by atoms with Gasteiger partial charge < -0.3 is 10.8 Å². The molecule has 0 aliphatic heterocycles. The molecule has 3 atom stereocenters. The van der Waals surface area contributed by atoms with Gasteiger partial charge in [-0.15, -0.1) is 0 Å². The van der Waals surface area contributed by atoms with Crippen LogP contribution in [0, 0.1) is 5.92 Å². The molecule has 0 bridgehead atoms. The molecular weight excluding hydrogens is 250 g/mol. The monoisotopic (exact) mass is 269 g/mol. The lowest BCUT2D eigenvalue weighted by Crippen LogP contribution is -2.46. The van der Waals surface area contributed by atoms with Crippen molar-refractivity contribution in [1.29, 1.82) is 0 Å². The SMILES string of the molecule is CC(CC(C)(N)C(=O)O)C(C)c1cccc(Cl)c1. The van der Waals surface area contributed by atoms with Gasteiger partial charge in [-0.05, 0) is 42.9 Å². The Bertz CT molecular complexity index is 432. The number of halogens is 1. The summed E-state index contributed by atoms with van der Waals surface area (Å²) in [4.78, 5) is 11.0. The molecular formula is C14H20ClNO2. The van der Waals surface area contributed by atoms with E-state index in [0.717, 1.165) is 5.56 Å². The Morgan fingerprint density at radius 3 is 2.61 bits per heavy atom. The number of rotatable bonds is 5. The maximum atomic E-state index is 11.0. The minimum Gasteiger partial charge on any atom is -0.480 e. The molecule has 100 valence electrons. The smallest absolute Gasteiger partial charge is 0.323 e. The zero-order valence-electron chi connectivity index (χ0n) is 11.0. The van der Waals surface area contributed by atoms with Crippen LogP contribution in [0.15, 0.2) is 24.3 Å². The molecule has 0 aliphatic carbocycles. The molecule has 0 saturated heterocycles. The van der Waals surface area contributed by atoms with Crippen molar-refractivity contribution < 1.29 is 9.90 Å². The van der Waals surface area contributed by atoms with Crippen molar-refractivity contribution >= 4 is 17.6 Å². The van der Waals surface area contributed by atoms with Gasteiger partial charge in [0.2, 0.25) is 0 Å². The number of hydrogen-bond donors (Lipinski definition) is 2. The average molecular weight is 270 g/mol. The van der Waals surface area contributed by atoms with Crippen LogP contribution in [0.5, 0.6) is 0 Å². The van der Waals surface area contributed by atoms with Gasteiger partial charge in [-0.2, -0.15) is 0 Å². The number of aliphatic carboxylic acids is 1. The first kappa shape index (κ1) is 15.0. The minimum absolute atomic E-state index is 0.162. The third kappa shape index (κ3) is 3.72. The number of carboxylic acid groups (broad SMARTS) is 1. The van der Waals surface area contributed by atoms with E-state index in [-0.39, 0.29) is 11.8 Å². The highest BCUT2D eigenvalue weighted by molar-refractivity contribution is 6.30. The zero-order chi connectivity index (χ0) is 13.9. The molecule has 0 aliphatic rings. The van der Waals surface area contributed by atoms with Crippen molar-refractivity contribution in [2.24, 2.45) is 11.7 Å². The van der Waals surface area contributed by atoms with Crippen molar-refractivity contribution in [1.82, 2.24) is 0 Å². The summed E-state index contributed by atoms with van der Waals surface area (Å²) in [5.74, 6) is -0.590. The largest absolute Gasteiger partial charge is 0.480 e. The second-order valence-electron chi connectivity index (χ2n) is 5.25. The maximum absolute atomic E-state index is 11.0. The summed E-state index contributed by atoms with van der Waals surface area (Å²) in [5.41, 5.74) is 5.70. The number of nitrogens with two attached hydrogens (primary N) is 1. The Morgan fingerprint density at radius 2 is 2.11 bits per heavy atom. The highest BCUT2D eigenvalue weighted by Gasteiger charge is 2.31. The summed E-state index contributed by atoms with van der Waals surface area (Å²) in [6.45, 7) is 5.63.